The molecule has 1 atom stereocenters. The van der Waals surface area contributed by atoms with Crippen LogP contribution in [0.1, 0.15) is 27.9 Å². The lowest BCUT2D eigenvalue weighted by Gasteiger charge is -2.17. The number of aryl methyl sites for hydroxylation is 2. The Morgan fingerprint density at radius 3 is 2.57 bits per heavy atom. The van der Waals surface area contributed by atoms with E-state index in [0.29, 0.717) is 5.95 Å². The molecule has 0 bridgehead atoms. The van der Waals surface area contributed by atoms with Crippen LogP contribution in [0, 0.1) is 13.8 Å². The number of hydrogen-bond donors (Lipinski definition) is 1. The Labute approximate surface area is 127 Å². The molecule has 0 radical (unpaired) electrons. The van der Waals surface area contributed by atoms with Gasteiger partial charge in [0.05, 0.1) is 0 Å². The van der Waals surface area contributed by atoms with Gasteiger partial charge in [-0.05, 0) is 25.0 Å². The summed E-state index contributed by atoms with van der Waals surface area (Å²) in [7, 11) is 0. The zero-order valence-corrected chi connectivity index (χ0v) is 12.8. The first-order valence-corrected chi connectivity index (χ1v) is 7.63. The van der Waals surface area contributed by atoms with Crippen LogP contribution < -0.4 is 5.32 Å². The summed E-state index contributed by atoms with van der Waals surface area (Å²) in [5.41, 5.74) is 3.22. The van der Waals surface area contributed by atoms with Gasteiger partial charge < -0.3 is 5.32 Å². The second-order valence-corrected chi connectivity index (χ2v) is 5.75. The van der Waals surface area contributed by atoms with Crippen LogP contribution in [-0.4, -0.2) is 15.0 Å². The first kappa shape index (κ1) is 13.7. The molecule has 0 spiro atoms. The summed E-state index contributed by atoms with van der Waals surface area (Å²) in [6.07, 6.45) is 3.66. The fourth-order valence-electron chi connectivity index (χ4n) is 2.04. The smallest absolute Gasteiger partial charge is 0.223 e. The molecule has 0 aliphatic carbocycles. The molecule has 21 heavy (non-hydrogen) atoms. The molecule has 3 aromatic rings. The van der Waals surface area contributed by atoms with E-state index in [-0.39, 0.29) is 6.04 Å². The molecule has 0 fully saturated rings. The Bertz CT molecular complexity index is 710. The van der Waals surface area contributed by atoms with Crippen LogP contribution in [0.4, 0.5) is 5.95 Å². The van der Waals surface area contributed by atoms with E-state index in [4.69, 9.17) is 0 Å². The second-order valence-electron chi connectivity index (χ2n) is 4.82. The highest BCUT2D eigenvalue weighted by atomic mass is 32.1. The van der Waals surface area contributed by atoms with Crippen molar-refractivity contribution in [2.24, 2.45) is 0 Å². The number of benzene rings is 1. The lowest BCUT2D eigenvalue weighted by molar-refractivity contribution is 0.886. The zero-order valence-electron chi connectivity index (χ0n) is 11.9. The molecule has 0 aliphatic heterocycles. The molecule has 0 saturated carbocycles. The van der Waals surface area contributed by atoms with Crippen LogP contribution in [0.3, 0.4) is 0 Å². The Morgan fingerprint density at radius 1 is 1.10 bits per heavy atom. The third kappa shape index (κ3) is 3.08. The normalized spacial score (nSPS) is 12.1. The van der Waals surface area contributed by atoms with Crippen molar-refractivity contribution >= 4 is 17.3 Å². The Morgan fingerprint density at radius 2 is 1.90 bits per heavy atom. The molecule has 0 unspecified atom stereocenters. The van der Waals surface area contributed by atoms with Gasteiger partial charge in [0.15, 0.2) is 0 Å². The number of nitrogens with one attached hydrogen (secondary N) is 1. The van der Waals surface area contributed by atoms with E-state index in [1.807, 2.05) is 49.8 Å². The molecule has 4 nitrogen and oxygen atoms in total. The molecule has 2 aromatic heterocycles. The fourth-order valence-corrected chi connectivity index (χ4v) is 2.75. The average Bonchev–Trinajstić information content (AvgIpc) is 3.03. The highest BCUT2D eigenvalue weighted by molar-refractivity contribution is 7.09. The van der Waals surface area contributed by atoms with Gasteiger partial charge in [-0.3, -0.25) is 0 Å². The molecular weight excluding hydrogens is 280 g/mol. The van der Waals surface area contributed by atoms with Crippen molar-refractivity contribution in [3.8, 4) is 0 Å². The fraction of sp³-hybridized carbons (Fsp3) is 0.188. The van der Waals surface area contributed by atoms with Crippen LogP contribution in [-0.2, 0) is 0 Å². The quantitative estimate of drug-likeness (QED) is 0.796. The van der Waals surface area contributed by atoms with Crippen molar-refractivity contribution in [2.75, 3.05) is 5.32 Å². The number of thiazole rings is 1. The Kier molecular flexibility index (Phi) is 3.92. The molecule has 1 aromatic carbocycles. The van der Waals surface area contributed by atoms with Crippen molar-refractivity contribution in [3.05, 3.63) is 69.9 Å². The molecule has 0 amide bonds. The molecule has 0 saturated heterocycles. The van der Waals surface area contributed by atoms with E-state index < -0.39 is 0 Å². The first-order valence-electron chi connectivity index (χ1n) is 6.75. The summed E-state index contributed by atoms with van der Waals surface area (Å²) >= 11 is 1.62. The van der Waals surface area contributed by atoms with Crippen molar-refractivity contribution < 1.29 is 0 Å². The van der Waals surface area contributed by atoms with Gasteiger partial charge in [0.25, 0.3) is 0 Å². The topological polar surface area (TPSA) is 50.7 Å². The summed E-state index contributed by atoms with van der Waals surface area (Å²) < 4.78 is 0. The van der Waals surface area contributed by atoms with Crippen molar-refractivity contribution in [1.82, 2.24) is 15.0 Å². The maximum absolute atomic E-state index is 4.50. The van der Waals surface area contributed by atoms with Gasteiger partial charge in [0.1, 0.15) is 11.0 Å². The summed E-state index contributed by atoms with van der Waals surface area (Å²) in [6, 6.07) is 10.2. The van der Waals surface area contributed by atoms with Crippen LogP contribution in [0.2, 0.25) is 0 Å². The standard InChI is InChI=1S/C16H16N4S/c1-11-10-18-16(19-12(11)2)20-14(15-17-8-9-21-15)13-6-4-3-5-7-13/h3-10,14H,1-2H3,(H,18,19,20)/t14-/m0/s1. The van der Waals surface area contributed by atoms with Crippen LogP contribution in [0.5, 0.6) is 0 Å². The Balaban J connectivity index is 1.95. The number of rotatable bonds is 4. The van der Waals surface area contributed by atoms with Crippen molar-refractivity contribution in [2.45, 2.75) is 19.9 Å². The number of hydrogen-bond acceptors (Lipinski definition) is 5. The number of anilines is 1. The van der Waals surface area contributed by atoms with Crippen molar-refractivity contribution in [1.29, 1.82) is 0 Å². The number of nitrogens with zero attached hydrogens (tertiary/aromatic N) is 3. The predicted octanol–water partition coefficient (Wildman–Crippen LogP) is 3.75. The highest BCUT2D eigenvalue weighted by Gasteiger charge is 2.17. The number of aromatic nitrogens is 3. The van der Waals surface area contributed by atoms with Crippen LogP contribution in [0.15, 0.2) is 48.1 Å². The third-order valence-corrected chi connectivity index (χ3v) is 4.17. The van der Waals surface area contributed by atoms with E-state index in [9.17, 15) is 0 Å². The van der Waals surface area contributed by atoms with E-state index in [2.05, 4.69) is 32.4 Å². The minimum Gasteiger partial charge on any atom is -0.341 e. The third-order valence-electron chi connectivity index (χ3n) is 3.33. The average molecular weight is 296 g/mol. The van der Waals surface area contributed by atoms with Gasteiger partial charge in [-0.25, -0.2) is 15.0 Å². The van der Waals surface area contributed by atoms with Crippen LogP contribution >= 0.6 is 11.3 Å². The summed E-state index contributed by atoms with van der Waals surface area (Å²) in [6.45, 7) is 4.00. The Hall–Kier alpha value is -2.27. The summed E-state index contributed by atoms with van der Waals surface area (Å²) in [4.78, 5) is 13.3. The summed E-state index contributed by atoms with van der Waals surface area (Å²) in [5, 5.41) is 6.37. The van der Waals surface area contributed by atoms with Crippen molar-refractivity contribution in [3.63, 3.8) is 0 Å². The molecular formula is C16H16N4S. The molecule has 2 heterocycles. The van der Waals surface area contributed by atoms with Gasteiger partial charge >= 0.3 is 0 Å². The minimum atomic E-state index is -0.0340. The SMILES string of the molecule is Cc1cnc(N[C@@H](c2ccccc2)c2nccs2)nc1C. The maximum Gasteiger partial charge on any atom is 0.223 e. The highest BCUT2D eigenvalue weighted by Crippen LogP contribution is 2.26. The van der Waals surface area contributed by atoms with Gasteiger partial charge in [0.2, 0.25) is 5.95 Å². The van der Waals surface area contributed by atoms with Crippen LogP contribution in [0.25, 0.3) is 0 Å². The lowest BCUT2D eigenvalue weighted by Crippen LogP contribution is -2.14. The predicted molar refractivity (Wildman–Crippen MR) is 85.5 cm³/mol. The molecule has 1 N–H and O–H groups in total. The molecule has 106 valence electrons. The minimum absolute atomic E-state index is 0.0340. The van der Waals surface area contributed by atoms with E-state index in [0.717, 1.165) is 21.8 Å². The lowest BCUT2D eigenvalue weighted by atomic mass is 10.1. The van der Waals surface area contributed by atoms with E-state index in [1.54, 1.807) is 11.3 Å². The summed E-state index contributed by atoms with van der Waals surface area (Å²) in [5.74, 6) is 0.627. The maximum atomic E-state index is 4.50. The van der Waals surface area contributed by atoms with E-state index >= 15 is 0 Å². The van der Waals surface area contributed by atoms with Gasteiger partial charge in [-0.1, -0.05) is 30.3 Å². The monoisotopic (exact) mass is 296 g/mol. The van der Waals surface area contributed by atoms with Gasteiger partial charge in [-0.2, -0.15) is 0 Å². The second kappa shape index (κ2) is 6.01. The molecule has 3 rings (SSSR count). The van der Waals surface area contributed by atoms with E-state index in [1.165, 1.54) is 0 Å². The molecule has 0 aliphatic rings. The largest absolute Gasteiger partial charge is 0.341 e. The van der Waals surface area contributed by atoms with Gasteiger partial charge in [0, 0.05) is 23.5 Å². The molecule has 5 heteroatoms. The first-order chi connectivity index (χ1) is 10.2. The zero-order chi connectivity index (χ0) is 14.7. The van der Waals surface area contributed by atoms with Gasteiger partial charge in [-0.15, -0.1) is 11.3 Å².